The third kappa shape index (κ3) is 5.21. The van der Waals surface area contributed by atoms with Crippen LogP contribution in [0.15, 0.2) is 42.5 Å². The molecule has 0 aromatic heterocycles. The highest BCUT2D eigenvalue weighted by Gasteiger charge is 2.19. The molecule has 0 amide bonds. The van der Waals surface area contributed by atoms with Gasteiger partial charge < -0.3 is 10.4 Å². The molecule has 138 valence electrons. The van der Waals surface area contributed by atoms with Crippen molar-refractivity contribution < 1.29 is 9.90 Å². The second-order valence-corrected chi connectivity index (χ2v) is 7.50. The first kappa shape index (κ1) is 19.2. The maximum Gasteiger partial charge on any atom is 0.335 e. The summed E-state index contributed by atoms with van der Waals surface area (Å²) in [5.41, 5.74) is 2.51. The van der Waals surface area contributed by atoms with Gasteiger partial charge in [-0.05, 0) is 61.3 Å². The van der Waals surface area contributed by atoms with Crippen molar-refractivity contribution in [3.8, 4) is 0 Å². The third-order valence-electron chi connectivity index (χ3n) is 4.75. The molecule has 0 saturated carbocycles. The summed E-state index contributed by atoms with van der Waals surface area (Å²) < 4.78 is 0. The minimum atomic E-state index is -0.887. The van der Waals surface area contributed by atoms with Gasteiger partial charge >= 0.3 is 5.97 Å². The summed E-state index contributed by atoms with van der Waals surface area (Å²) in [6, 6.07) is 13.4. The molecule has 2 aromatic rings. The number of carboxylic acids is 1. The number of benzene rings is 2. The Kier molecular flexibility index (Phi) is 6.54. The maximum absolute atomic E-state index is 11.0. The Hall–Kier alpha value is -1.59. The molecule has 6 heteroatoms. The molecule has 4 nitrogen and oxygen atoms in total. The van der Waals surface area contributed by atoms with Gasteiger partial charge in [-0.2, -0.15) is 0 Å². The SMILES string of the molecule is O=C(O)c1cccc(CNC2CCN(Cc3ccc(Cl)c(Cl)c3)CC2)c1. The van der Waals surface area contributed by atoms with E-state index in [4.69, 9.17) is 28.3 Å². The summed E-state index contributed by atoms with van der Waals surface area (Å²) in [4.78, 5) is 13.5. The normalized spacial score (nSPS) is 15.9. The van der Waals surface area contributed by atoms with Gasteiger partial charge in [-0.3, -0.25) is 4.90 Å². The van der Waals surface area contributed by atoms with Crippen LogP contribution >= 0.6 is 23.2 Å². The lowest BCUT2D eigenvalue weighted by Gasteiger charge is -2.32. The van der Waals surface area contributed by atoms with Crippen LogP contribution in [0.3, 0.4) is 0 Å². The Labute approximate surface area is 163 Å². The summed E-state index contributed by atoms with van der Waals surface area (Å²) in [6.07, 6.45) is 2.14. The van der Waals surface area contributed by atoms with Crippen molar-refractivity contribution in [1.82, 2.24) is 10.2 Å². The van der Waals surface area contributed by atoms with E-state index in [1.165, 1.54) is 5.56 Å². The minimum Gasteiger partial charge on any atom is -0.478 e. The second kappa shape index (κ2) is 8.87. The molecule has 1 heterocycles. The van der Waals surface area contributed by atoms with Crippen LogP contribution in [0, 0.1) is 0 Å². The van der Waals surface area contributed by atoms with Crippen LogP contribution in [-0.4, -0.2) is 35.1 Å². The standard InChI is InChI=1S/C20H22Cl2N2O2/c21-18-5-4-15(11-19(18)22)13-24-8-6-17(7-9-24)23-12-14-2-1-3-16(10-14)20(25)26/h1-5,10-11,17,23H,6-9,12-13H2,(H,25,26). The van der Waals surface area contributed by atoms with Crippen molar-refractivity contribution in [2.45, 2.75) is 32.0 Å². The van der Waals surface area contributed by atoms with Crippen molar-refractivity contribution in [3.05, 3.63) is 69.2 Å². The molecule has 1 fully saturated rings. The Balaban J connectivity index is 1.45. The molecule has 0 atom stereocenters. The number of rotatable bonds is 6. The number of halogens is 2. The molecule has 26 heavy (non-hydrogen) atoms. The zero-order valence-electron chi connectivity index (χ0n) is 14.4. The Bertz CT molecular complexity index is 774. The third-order valence-corrected chi connectivity index (χ3v) is 5.49. The number of aromatic carboxylic acids is 1. The molecule has 3 rings (SSSR count). The molecular weight excluding hydrogens is 371 g/mol. The molecular formula is C20H22Cl2N2O2. The zero-order valence-corrected chi connectivity index (χ0v) is 15.9. The summed E-state index contributed by atoms with van der Waals surface area (Å²) in [7, 11) is 0. The summed E-state index contributed by atoms with van der Waals surface area (Å²) in [6.45, 7) is 3.61. The number of carboxylic acid groups (broad SMARTS) is 1. The van der Waals surface area contributed by atoms with Crippen molar-refractivity contribution in [2.24, 2.45) is 0 Å². The number of carbonyl (C=O) groups is 1. The van der Waals surface area contributed by atoms with E-state index >= 15 is 0 Å². The monoisotopic (exact) mass is 392 g/mol. The van der Waals surface area contributed by atoms with Gasteiger partial charge in [0.1, 0.15) is 0 Å². The van der Waals surface area contributed by atoms with Crippen LogP contribution in [0.25, 0.3) is 0 Å². The first-order valence-corrected chi connectivity index (χ1v) is 9.49. The fourth-order valence-corrected chi connectivity index (χ4v) is 3.59. The summed E-state index contributed by atoms with van der Waals surface area (Å²) >= 11 is 12.1. The van der Waals surface area contributed by atoms with Crippen molar-refractivity contribution in [2.75, 3.05) is 13.1 Å². The van der Waals surface area contributed by atoms with E-state index in [9.17, 15) is 4.79 Å². The first-order valence-electron chi connectivity index (χ1n) is 8.73. The number of nitrogens with zero attached hydrogens (tertiary/aromatic N) is 1. The first-order chi connectivity index (χ1) is 12.5. The van der Waals surface area contributed by atoms with E-state index in [-0.39, 0.29) is 0 Å². The fraction of sp³-hybridized carbons (Fsp3) is 0.350. The van der Waals surface area contributed by atoms with Crippen molar-refractivity contribution in [1.29, 1.82) is 0 Å². The lowest BCUT2D eigenvalue weighted by molar-refractivity contribution is 0.0696. The smallest absolute Gasteiger partial charge is 0.335 e. The van der Waals surface area contributed by atoms with Gasteiger partial charge in [0, 0.05) is 19.1 Å². The van der Waals surface area contributed by atoms with Crippen LogP contribution in [0.4, 0.5) is 0 Å². The number of piperidine rings is 1. The van der Waals surface area contributed by atoms with Crippen LogP contribution in [-0.2, 0) is 13.1 Å². The number of nitrogens with one attached hydrogen (secondary N) is 1. The molecule has 2 aromatic carbocycles. The summed E-state index contributed by atoms with van der Waals surface area (Å²) in [5, 5.41) is 13.8. The lowest BCUT2D eigenvalue weighted by atomic mass is 10.0. The highest BCUT2D eigenvalue weighted by Crippen LogP contribution is 2.24. The molecule has 1 aliphatic rings. The van der Waals surface area contributed by atoms with E-state index in [2.05, 4.69) is 10.2 Å². The van der Waals surface area contributed by atoms with Gasteiger partial charge in [0.25, 0.3) is 0 Å². The highest BCUT2D eigenvalue weighted by atomic mass is 35.5. The van der Waals surface area contributed by atoms with Crippen LogP contribution in [0.1, 0.15) is 34.3 Å². The van der Waals surface area contributed by atoms with Crippen molar-refractivity contribution >= 4 is 29.2 Å². The highest BCUT2D eigenvalue weighted by molar-refractivity contribution is 6.42. The second-order valence-electron chi connectivity index (χ2n) is 6.69. The lowest BCUT2D eigenvalue weighted by Crippen LogP contribution is -2.41. The summed E-state index contributed by atoms with van der Waals surface area (Å²) in [5.74, 6) is -0.887. The molecule has 0 bridgehead atoms. The molecule has 0 spiro atoms. The van der Waals surface area contributed by atoms with E-state index < -0.39 is 5.97 Å². The number of hydrogen-bond donors (Lipinski definition) is 2. The molecule has 0 aliphatic carbocycles. The van der Waals surface area contributed by atoms with E-state index in [0.717, 1.165) is 38.0 Å². The van der Waals surface area contributed by atoms with E-state index in [0.29, 0.717) is 28.2 Å². The molecule has 2 N–H and O–H groups in total. The van der Waals surface area contributed by atoms with Crippen LogP contribution in [0.5, 0.6) is 0 Å². The molecule has 0 unspecified atom stereocenters. The molecule has 0 radical (unpaired) electrons. The van der Waals surface area contributed by atoms with Crippen LogP contribution in [0.2, 0.25) is 10.0 Å². The van der Waals surface area contributed by atoms with Gasteiger partial charge in [0.15, 0.2) is 0 Å². The average molecular weight is 393 g/mol. The Morgan fingerprint density at radius 2 is 1.85 bits per heavy atom. The average Bonchev–Trinajstić information content (AvgIpc) is 2.64. The van der Waals surface area contributed by atoms with Gasteiger partial charge in [-0.25, -0.2) is 4.79 Å². The quantitative estimate of drug-likeness (QED) is 0.762. The van der Waals surface area contributed by atoms with E-state index in [1.807, 2.05) is 24.3 Å². The van der Waals surface area contributed by atoms with Gasteiger partial charge in [0.2, 0.25) is 0 Å². The Morgan fingerprint density at radius 1 is 1.08 bits per heavy atom. The van der Waals surface area contributed by atoms with Gasteiger partial charge in [-0.15, -0.1) is 0 Å². The predicted octanol–water partition coefficient (Wildman–Crippen LogP) is 4.45. The van der Waals surface area contributed by atoms with Crippen LogP contribution < -0.4 is 5.32 Å². The molecule has 1 saturated heterocycles. The van der Waals surface area contributed by atoms with Crippen molar-refractivity contribution in [3.63, 3.8) is 0 Å². The number of hydrogen-bond acceptors (Lipinski definition) is 3. The zero-order chi connectivity index (χ0) is 18.5. The minimum absolute atomic E-state index is 0.334. The fourth-order valence-electron chi connectivity index (χ4n) is 3.27. The Morgan fingerprint density at radius 3 is 2.54 bits per heavy atom. The largest absolute Gasteiger partial charge is 0.478 e. The molecule has 1 aliphatic heterocycles. The number of likely N-dealkylation sites (tertiary alicyclic amines) is 1. The maximum atomic E-state index is 11.0. The van der Waals surface area contributed by atoms with E-state index in [1.54, 1.807) is 18.2 Å². The van der Waals surface area contributed by atoms with Gasteiger partial charge in [0.05, 0.1) is 15.6 Å². The topological polar surface area (TPSA) is 52.6 Å². The van der Waals surface area contributed by atoms with Gasteiger partial charge in [-0.1, -0.05) is 41.4 Å². The predicted molar refractivity (Wildman–Crippen MR) is 105 cm³/mol.